The van der Waals surface area contributed by atoms with Gasteiger partial charge in [-0.15, -0.1) is 0 Å². The minimum Gasteiger partial charge on any atom is -0.276 e. The van der Waals surface area contributed by atoms with Crippen molar-refractivity contribution < 1.29 is 20.7 Å². The summed E-state index contributed by atoms with van der Waals surface area (Å²) in [7, 11) is -4.84. The van der Waals surface area contributed by atoms with E-state index in [9.17, 15) is 16.5 Å². The average molecular weight is 189 g/mol. The van der Waals surface area contributed by atoms with Gasteiger partial charge in [0.2, 0.25) is 0 Å². The van der Waals surface area contributed by atoms with Crippen LogP contribution in [0.1, 0.15) is 0 Å². The normalized spacial score (nSPS) is 29.1. The van der Waals surface area contributed by atoms with E-state index in [2.05, 4.69) is 4.18 Å². The highest BCUT2D eigenvalue weighted by Gasteiger charge is 2.33. The highest BCUT2D eigenvalue weighted by molar-refractivity contribution is 7.96. The van der Waals surface area contributed by atoms with Crippen LogP contribution in [0.3, 0.4) is 0 Å². The first-order valence-electron chi connectivity index (χ1n) is 2.29. The van der Waals surface area contributed by atoms with E-state index in [4.69, 9.17) is 0 Å². The molecule has 0 saturated carbocycles. The zero-order valence-corrected chi connectivity index (χ0v) is 6.32. The van der Waals surface area contributed by atoms with Crippen molar-refractivity contribution >= 4 is 21.7 Å². The summed E-state index contributed by atoms with van der Waals surface area (Å²) in [4.78, 5) is 0. The molecule has 0 aliphatic carbocycles. The maximum atomic E-state index is 12.0. The molecule has 1 unspecified atom stereocenters. The smallest absolute Gasteiger partial charge is 0.276 e. The molecule has 1 heterocycles. The second kappa shape index (κ2) is 2.53. The predicted molar refractivity (Wildman–Crippen MR) is 30.8 cm³/mol. The highest BCUT2D eigenvalue weighted by atomic mass is 32.3. The Morgan fingerprint density at radius 1 is 1.60 bits per heavy atom. The maximum Gasteiger partial charge on any atom is 0.388 e. The van der Waals surface area contributed by atoms with Crippen molar-refractivity contribution in [3.63, 3.8) is 0 Å². The summed E-state index contributed by atoms with van der Waals surface area (Å²) in [6.07, 6.45) is 0. The van der Waals surface area contributed by atoms with E-state index in [0.29, 0.717) is 0 Å². The highest BCUT2D eigenvalue weighted by Crippen LogP contribution is 2.12. The Labute approximate surface area is 59.9 Å². The van der Waals surface area contributed by atoms with Crippen molar-refractivity contribution in [1.82, 2.24) is 3.71 Å². The second-order valence-electron chi connectivity index (χ2n) is 1.51. The molecule has 1 saturated heterocycles. The molecule has 10 heavy (non-hydrogen) atoms. The molecule has 0 N–H and O–H groups in total. The minimum atomic E-state index is -4.84. The van der Waals surface area contributed by atoms with Gasteiger partial charge in [-0.25, -0.2) is 4.21 Å². The third-order valence-electron chi connectivity index (χ3n) is 0.868. The van der Waals surface area contributed by atoms with Gasteiger partial charge in [0.1, 0.15) is 0 Å². The third-order valence-corrected chi connectivity index (χ3v) is 3.32. The van der Waals surface area contributed by atoms with Crippen LogP contribution in [0.5, 0.6) is 0 Å². The molecule has 0 spiro atoms. The quantitative estimate of drug-likeness (QED) is 0.502. The molecule has 0 amide bonds. The third kappa shape index (κ3) is 1.51. The van der Waals surface area contributed by atoms with Crippen molar-refractivity contribution in [2.24, 2.45) is 0 Å². The Kier molecular flexibility index (Phi) is 2.04. The lowest BCUT2D eigenvalue weighted by Gasteiger charge is -2.01. The molecule has 5 nitrogen and oxygen atoms in total. The van der Waals surface area contributed by atoms with Crippen molar-refractivity contribution in [3.8, 4) is 0 Å². The number of halogens is 1. The molecule has 0 aromatic heterocycles. The molecule has 8 heteroatoms. The Hall–Kier alpha value is -0.0500. The van der Waals surface area contributed by atoms with Crippen LogP contribution in [0.15, 0.2) is 0 Å². The Bertz CT molecular complexity index is 248. The van der Waals surface area contributed by atoms with Crippen LogP contribution >= 0.6 is 0 Å². The van der Waals surface area contributed by atoms with Crippen LogP contribution in [-0.4, -0.2) is 29.5 Å². The largest absolute Gasteiger partial charge is 0.388 e. The van der Waals surface area contributed by atoms with E-state index in [1.165, 1.54) is 0 Å². The molecular weight excluding hydrogens is 185 g/mol. The molecule has 1 fully saturated rings. The van der Waals surface area contributed by atoms with Gasteiger partial charge >= 0.3 is 10.4 Å². The maximum absolute atomic E-state index is 12.0. The fourth-order valence-electron chi connectivity index (χ4n) is 0.498. The molecule has 0 aromatic rings. The van der Waals surface area contributed by atoms with Gasteiger partial charge in [0.15, 0.2) is 0 Å². The lowest BCUT2D eigenvalue weighted by Crippen LogP contribution is -2.24. The van der Waals surface area contributed by atoms with Gasteiger partial charge in [-0.05, 0) is 0 Å². The molecule has 0 aromatic carbocycles. The van der Waals surface area contributed by atoms with Crippen LogP contribution in [0.2, 0.25) is 0 Å². The zero-order chi connectivity index (χ0) is 7.78. The zero-order valence-electron chi connectivity index (χ0n) is 4.69. The summed E-state index contributed by atoms with van der Waals surface area (Å²) >= 11 is -2.16. The van der Waals surface area contributed by atoms with Crippen molar-refractivity contribution in [1.29, 1.82) is 0 Å². The predicted octanol–water partition coefficient (Wildman–Crippen LogP) is -0.888. The number of rotatable bonds is 1. The molecule has 0 radical (unpaired) electrons. The van der Waals surface area contributed by atoms with Crippen molar-refractivity contribution in [2.75, 3.05) is 13.2 Å². The topological polar surface area (TPSA) is 63.7 Å². The van der Waals surface area contributed by atoms with Gasteiger partial charge < -0.3 is 0 Å². The van der Waals surface area contributed by atoms with Crippen LogP contribution in [0, 0.1) is 0 Å². The van der Waals surface area contributed by atoms with E-state index in [1.807, 2.05) is 0 Å². The van der Waals surface area contributed by atoms with E-state index in [-0.39, 0.29) is 16.9 Å². The van der Waals surface area contributed by atoms with Gasteiger partial charge in [-0.1, -0.05) is 7.60 Å². The molecule has 0 bridgehead atoms. The molecular formula is C2H4FNO4S2. The summed E-state index contributed by atoms with van der Waals surface area (Å²) in [5.41, 5.74) is 0. The van der Waals surface area contributed by atoms with Crippen LogP contribution in [0.4, 0.5) is 3.89 Å². The van der Waals surface area contributed by atoms with Gasteiger partial charge in [0.25, 0.3) is 11.3 Å². The number of nitrogens with zero attached hydrogens (tertiary/aromatic N) is 1. The minimum absolute atomic E-state index is 0.0320. The first kappa shape index (κ1) is 8.05. The summed E-state index contributed by atoms with van der Waals surface area (Å²) < 4.78 is 46.9. The Morgan fingerprint density at radius 3 is 2.40 bits per heavy atom. The van der Waals surface area contributed by atoms with Gasteiger partial charge in [-0.2, -0.15) is 8.42 Å². The van der Waals surface area contributed by atoms with E-state index in [0.717, 1.165) is 0 Å². The Balaban J connectivity index is 2.84. The van der Waals surface area contributed by atoms with Gasteiger partial charge in [0.05, 0.1) is 13.2 Å². The lowest BCUT2D eigenvalue weighted by atomic mass is 10.8. The SMILES string of the molecule is O=S1OCCN1S(=O)(=O)F. The lowest BCUT2D eigenvalue weighted by molar-refractivity contribution is 0.390. The first-order chi connectivity index (χ1) is 4.52. The summed E-state index contributed by atoms with van der Waals surface area (Å²) in [5, 5.41) is 0. The van der Waals surface area contributed by atoms with Crippen LogP contribution < -0.4 is 0 Å². The van der Waals surface area contributed by atoms with E-state index in [1.54, 1.807) is 0 Å². The molecule has 60 valence electrons. The monoisotopic (exact) mass is 189 g/mol. The summed E-state index contributed by atoms with van der Waals surface area (Å²) in [5.74, 6) is 0. The van der Waals surface area contributed by atoms with E-state index < -0.39 is 21.7 Å². The second-order valence-corrected chi connectivity index (χ2v) is 4.11. The number of hydrogen-bond acceptors (Lipinski definition) is 4. The van der Waals surface area contributed by atoms with Crippen LogP contribution in [0.25, 0.3) is 0 Å². The molecule has 1 aliphatic rings. The van der Waals surface area contributed by atoms with Crippen LogP contribution in [-0.2, 0) is 25.9 Å². The molecule has 1 aliphatic heterocycles. The molecule has 1 atom stereocenters. The van der Waals surface area contributed by atoms with Gasteiger partial charge in [-0.3, -0.25) is 4.18 Å². The van der Waals surface area contributed by atoms with E-state index >= 15 is 0 Å². The average Bonchev–Trinajstić information content (AvgIpc) is 2.11. The molecule has 1 rings (SSSR count). The van der Waals surface area contributed by atoms with Crippen molar-refractivity contribution in [2.45, 2.75) is 0 Å². The fourth-order valence-corrected chi connectivity index (χ4v) is 2.06. The summed E-state index contributed by atoms with van der Waals surface area (Å²) in [6.45, 7) is -0.221. The standard InChI is InChI=1S/C2H4FNO4S2/c3-10(6,7)4-1-2-8-9(4)5/h1-2H2. The first-order valence-corrected chi connectivity index (χ1v) is 4.66. The summed E-state index contributed by atoms with van der Waals surface area (Å²) in [6, 6.07) is 0. The number of hydrogen-bond donors (Lipinski definition) is 0. The Morgan fingerprint density at radius 2 is 2.20 bits per heavy atom. The van der Waals surface area contributed by atoms with Gasteiger partial charge in [0, 0.05) is 0 Å². The van der Waals surface area contributed by atoms with Crippen molar-refractivity contribution in [3.05, 3.63) is 0 Å². The fraction of sp³-hybridized carbons (Fsp3) is 1.00.